The number of carbonyl (C=O) groups is 2. The number of hydrogen-bond acceptors (Lipinski definition) is 9. The van der Waals surface area contributed by atoms with E-state index >= 15 is 0 Å². The van der Waals surface area contributed by atoms with Gasteiger partial charge < -0.3 is 24.6 Å². The van der Waals surface area contributed by atoms with Gasteiger partial charge in [0.15, 0.2) is 22.3 Å². The van der Waals surface area contributed by atoms with E-state index in [1.165, 1.54) is 12.1 Å². The maximum atomic E-state index is 12.3. The molecule has 3 rings (SSSR count). The molecule has 174 valence electrons. The number of nitrogens with one attached hydrogen (secondary N) is 2. The van der Waals surface area contributed by atoms with Crippen LogP contribution in [0, 0.1) is 0 Å². The summed E-state index contributed by atoms with van der Waals surface area (Å²) in [6, 6.07) is 14.6. The number of nitrogens with zero attached hydrogens (tertiary/aromatic N) is 2. The van der Waals surface area contributed by atoms with E-state index in [0.29, 0.717) is 11.5 Å². The van der Waals surface area contributed by atoms with Crippen LogP contribution in [0.25, 0.3) is 0 Å². The molecule has 0 saturated carbocycles. The van der Waals surface area contributed by atoms with Crippen molar-refractivity contribution in [1.82, 2.24) is 20.8 Å². The molecule has 0 fully saturated rings. The number of amides is 2. The second-order valence-electron chi connectivity index (χ2n) is 6.66. The molecule has 2 aromatic carbocycles. The SMILES string of the molecule is COc1ccc(OCC(=O)NCCNC(=O)c2nc(CS(=O)(=O)c3ccccc3)no2)cc1. The maximum absolute atomic E-state index is 12.3. The third-order valence-electron chi connectivity index (χ3n) is 4.25. The van der Waals surface area contributed by atoms with Gasteiger partial charge in [-0.05, 0) is 36.4 Å². The fourth-order valence-corrected chi connectivity index (χ4v) is 3.81. The van der Waals surface area contributed by atoms with E-state index in [2.05, 4.69) is 20.8 Å². The monoisotopic (exact) mass is 474 g/mol. The van der Waals surface area contributed by atoms with Crippen LogP contribution in [0.15, 0.2) is 64.0 Å². The number of sulfone groups is 1. The molecule has 0 aliphatic rings. The van der Waals surface area contributed by atoms with Gasteiger partial charge >= 0.3 is 11.8 Å². The summed E-state index contributed by atoms with van der Waals surface area (Å²) >= 11 is 0. The average molecular weight is 474 g/mol. The van der Waals surface area contributed by atoms with Crippen LogP contribution in [0.5, 0.6) is 11.5 Å². The Morgan fingerprint density at radius 2 is 1.64 bits per heavy atom. The number of carbonyl (C=O) groups excluding carboxylic acids is 2. The maximum Gasteiger partial charge on any atom is 0.315 e. The van der Waals surface area contributed by atoms with E-state index in [-0.39, 0.29) is 42.2 Å². The Hall–Kier alpha value is -3.93. The quantitative estimate of drug-likeness (QED) is 0.388. The lowest BCUT2D eigenvalue weighted by atomic mass is 10.3. The number of ether oxygens (including phenoxy) is 2. The number of methoxy groups -OCH3 is 1. The van der Waals surface area contributed by atoms with E-state index < -0.39 is 21.5 Å². The average Bonchev–Trinajstić information content (AvgIpc) is 3.29. The van der Waals surface area contributed by atoms with Crippen LogP contribution in [-0.4, -0.2) is 57.2 Å². The normalized spacial score (nSPS) is 10.9. The first-order valence-electron chi connectivity index (χ1n) is 9.79. The predicted octanol–water partition coefficient (Wildman–Crippen LogP) is 0.977. The van der Waals surface area contributed by atoms with Gasteiger partial charge in [0.2, 0.25) is 0 Å². The van der Waals surface area contributed by atoms with Crippen LogP contribution in [0.3, 0.4) is 0 Å². The second-order valence-corrected chi connectivity index (χ2v) is 8.65. The van der Waals surface area contributed by atoms with Gasteiger partial charge in [-0.3, -0.25) is 9.59 Å². The van der Waals surface area contributed by atoms with Crippen molar-refractivity contribution in [3.63, 3.8) is 0 Å². The smallest absolute Gasteiger partial charge is 0.315 e. The topological polar surface area (TPSA) is 150 Å². The zero-order valence-corrected chi connectivity index (χ0v) is 18.5. The molecule has 1 aromatic heterocycles. The molecule has 0 radical (unpaired) electrons. The summed E-state index contributed by atoms with van der Waals surface area (Å²) in [5.41, 5.74) is 0. The number of rotatable bonds is 11. The largest absolute Gasteiger partial charge is 0.497 e. The fourth-order valence-electron chi connectivity index (χ4n) is 2.61. The highest BCUT2D eigenvalue weighted by Gasteiger charge is 2.21. The highest BCUT2D eigenvalue weighted by molar-refractivity contribution is 7.90. The molecule has 0 spiro atoms. The molecule has 0 aliphatic heterocycles. The van der Waals surface area contributed by atoms with Crippen molar-refractivity contribution in [2.24, 2.45) is 0 Å². The van der Waals surface area contributed by atoms with Gasteiger partial charge in [-0.2, -0.15) is 4.98 Å². The number of aromatic nitrogens is 2. The summed E-state index contributed by atoms with van der Waals surface area (Å²) in [7, 11) is -2.12. The van der Waals surface area contributed by atoms with Crippen molar-refractivity contribution >= 4 is 21.7 Å². The van der Waals surface area contributed by atoms with E-state index in [1.807, 2.05) is 0 Å². The Labute approximate surface area is 190 Å². The van der Waals surface area contributed by atoms with Crippen LogP contribution in [0.2, 0.25) is 0 Å². The first-order chi connectivity index (χ1) is 15.9. The third kappa shape index (κ3) is 7.04. The van der Waals surface area contributed by atoms with Crippen molar-refractivity contribution in [3.8, 4) is 11.5 Å². The Morgan fingerprint density at radius 1 is 0.970 bits per heavy atom. The molecular formula is C21H22N4O7S. The van der Waals surface area contributed by atoms with Crippen LogP contribution >= 0.6 is 0 Å². The van der Waals surface area contributed by atoms with Gasteiger partial charge in [-0.25, -0.2) is 8.42 Å². The first kappa shape index (κ1) is 23.7. The van der Waals surface area contributed by atoms with E-state index in [0.717, 1.165) is 0 Å². The van der Waals surface area contributed by atoms with Gasteiger partial charge in [-0.15, -0.1) is 0 Å². The Balaban J connectivity index is 1.38. The minimum absolute atomic E-state index is 0.0904. The van der Waals surface area contributed by atoms with Gasteiger partial charge in [0.05, 0.1) is 12.0 Å². The van der Waals surface area contributed by atoms with Gasteiger partial charge in [0, 0.05) is 13.1 Å². The van der Waals surface area contributed by atoms with Crippen molar-refractivity contribution in [3.05, 3.63) is 66.3 Å². The first-order valence-corrected chi connectivity index (χ1v) is 11.4. The summed E-state index contributed by atoms with van der Waals surface area (Å²) in [6.45, 7) is 0.0379. The number of hydrogen-bond donors (Lipinski definition) is 2. The molecule has 0 aliphatic carbocycles. The summed E-state index contributed by atoms with van der Waals surface area (Å²) < 4.78 is 39.9. The van der Waals surface area contributed by atoms with Crippen LogP contribution in [0.4, 0.5) is 0 Å². The summed E-state index contributed by atoms with van der Waals surface area (Å²) in [5, 5.41) is 8.63. The highest BCUT2D eigenvalue weighted by Crippen LogP contribution is 2.17. The Bertz CT molecular complexity index is 1180. The second kappa shape index (κ2) is 11.1. The fraction of sp³-hybridized carbons (Fsp3) is 0.238. The Morgan fingerprint density at radius 3 is 2.33 bits per heavy atom. The summed E-state index contributed by atoms with van der Waals surface area (Å²) in [5.74, 6) is -0.872. The zero-order valence-electron chi connectivity index (χ0n) is 17.7. The predicted molar refractivity (Wildman–Crippen MR) is 115 cm³/mol. The van der Waals surface area contributed by atoms with Crippen molar-refractivity contribution in [2.75, 3.05) is 26.8 Å². The van der Waals surface area contributed by atoms with E-state index in [1.54, 1.807) is 49.6 Å². The van der Waals surface area contributed by atoms with Gasteiger partial charge in [0.25, 0.3) is 5.91 Å². The van der Waals surface area contributed by atoms with E-state index in [9.17, 15) is 18.0 Å². The van der Waals surface area contributed by atoms with Crippen LogP contribution < -0.4 is 20.1 Å². The van der Waals surface area contributed by atoms with E-state index in [4.69, 9.17) is 14.0 Å². The molecule has 12 heteroatoms. The van der Waals surface area contributed by atoms with Crippen molar-refractivity contribution in [1.29, 1.82) is 0 Å². The summed E-state index contributed by atoms with van der Waals surface area (Å²) in [6.07, 6.45) is 0. The van der Waals surface area contributed by atoms with Gasteiger partial charge in [-0.1, -0.05) is 23.4 Å². The lowest BCUT2D eigenvalue weighted by Gasteiger charge is -2.08. The highest BCUT2D eigenvalue weighted by atomic mass is 32.2. The molecule has 0 saturated heterocycles. The van der Waals surface area contributed by atoms with Gasteiger partial charge in [0.1, 0.15) is 17.3 Å². The minimum atomic E-state index is -3.67. The molecule has 0 bridgehead atoms. The molecule has 2 N–H and O–H groups in total. The van der Waals surface area contributed by atoms with Crippen molar-refractivity contribution in [2.45, 2.75) is 10.6 Å². The molecular weight excluding hydrogens is 452 g/mol. The lowest BCUT2D eigenvalue weighted by molar-refractivity contribution is -0.123. The Kier molecular flexibility index (Phi) is 7.97. The molecule has 11 nitrogen and oxygen atoms in total. The molecule has 0 atom stereocenters. The van der Waals surface area contributed by atoms with Crippen LogP contribution in [-0.2, 0) is 20.4 Å². The van der Waals surface area contributed by atoms with Crippen LogP contribution in [0.1, 0.15) is 16.5 Å². The minimum Gasteiger partial charge on any atom is -0.497 e. The molecule has 2 amide bonds. The molecule has 0 unspecified atom stereocenters. The molecule has 3 aromatic rings. The third-order valence-corrected chi connectivity index (χ3v) is 5.87. The standard InChI is InChI=1S/C21H22N4O7S/c1-30-15-7-9-16(10-8-15)31-13-19(26)22-11-12-23-20(27)21-24-18(25-32-21)14-33(28,29)17-5-3-2-4-6-17/h2-10H,11-14H2,1H3,(H,22,26)(H,23,27). The molecule has 1 heterocycles. The number of benzene rings is 2. The summed E-state index contributed by atoms with van der Waals surface area (Å²) in [4.78, 5) is 27.9. The zero-order chi connectivity index (χ0) is 23.7. The molecule has 33 heavy (non-hydrogen) atoms. The van der Waals surface area contributed by atoms with Crippen molar-refractivity contribution < 1.29 is 32.0 Å². The lowest BCUT2D eigenvalue weighted by Crippen LogP contribution is -2.36.